The molecule has 60 heavy (non-hydrogen) atoms. The van der Waals surface area contributed by atoms with Crippen molar-refractivity contribution in [3.05, 3.63) is 213 Å². The molecule has 0 amide bonds. The van der Waals surface area contributed by atoms with Gasteiger partial charge in [-0.3, -0.25) is 0 Å². The van der Waals surface area contributed by atoms with E-state index in [1.807, 2.05) is 0 Å². The lowest BCUT2D eigenvalue weighted by Crippen LogP contribution is -2.36. The van der Waals surface area contributed by atoms with Crippen molar-refractivity contribution in [3.63, 3.8) is 0 Å². The van der Waals surface area contributed by atoms with Gasteiger partial charge in [-0.15, -0.1) is 6.58 Å². The summed E-state index contributed by atoms with van der Waals surface area (Å²) in [6, 6.07) is 25.1. The summed E-state index contributed by atoms with van der Waals surface area (Å²) >= 11 is 1.80. The van der Waals surface area contributed by atoms with Gasteiger partial charge < -0.3 is 15.1 Å². The standard InChI is InChI=1S/C55H56BN3S/c1-7-55(6)47-31-19-17-30-45(47)53(51(55)37(2)3)57-48-32-20-18-29-44(48)46-34-43(59(41-25-12-9-13-26-41)42-27-14-10-15-28-42)35-50-52(46)56-38(4)22-21-24-40-36-58(50)49-33-16-8-11-23-39(5)60-54(40)49/h8-14,16-27,29-31,34-35,37,48,56-57H,4-5,7,15,28,32-33,36H2,1-3,6H3/b16-8-,22-21-,23-11-,40-24+. The molecule has 0 saturated heterocycles. The van der Waals surface area contributed by atoms with Crippen molar-refractivity contribution >= 4 is 52.8 Å². The monoisotopic (exact) mass is 801 g/mol. The molecule has 3 aromatic carbocycles. The zero-order valence-electron chi connectivity index (χ0n) is 35.7. The highest BCUT2D eigenvalue weighted by Crippen LogP contribution is 2.51. The second-order valence-electron chi connectivity index (χ2n) is 17.3. The average Bonchev–Trinajstić information content (AvgIpc) is 3.75. The molecule has 5 heteroatoms. The van der Waals surface area contributed by atoms with Crippen LogP contribution in [0.2, 0.25) is 0 Å². The largest absolute Gasteiger partial charge is 0.377 e. The summed E-state index contributed by atoms with van der Waals surface area (Å²) < 4.78 is 0. The predicted molar refractivity (Wildman–Crippen MR) is 263 cm³/mol. The first-order chi connectivity index (χ1) is 29.2. The summed E-state index contributed by atoms with van der Waals surface area (Å²) in [6.07, 6.45) is 34.0. The molecule has 3 aliphatic heterocycles. The number of fused-ring (bicyclic) bond motifs is 7. The number of thioether (sulfide) groups is 1. The van der Waals surface area contributed by atoms with Crippen LogP contribution in [0, 0.1) is 5.92 Å². The summed E-state index contributed by atoms with van der Waals surface area (Å²) in [5.41, 5.74) is 18.1. The minimum atomic E-state index is -0.0218. The molecule has 3 nitrogen and oxygen atoms in total. The van der Waals surface area contributed by atoms with Crippen molar-refractivity contribution in [3.8, 4) is 0 Å². The number of rotatable bonds is 8. The second kappa shape index (κ2) is 16.8. The van der Waals surface area contributed by atoms with Crippen molar-refractivity contribution < 1.29 is 0 Å². The molecule has 6 aliphatic rings. The van der Waals surface area contributed by atoms with Crippen molar-refractivity contribution in [1.29, 1.82) is 0 Å². The predicted octanol–water partition coefficient (Wildman–Crippen LogP) is 13.0. The maximum Gasteiger partial charge on any atom is 0.195 e. The Bertz CT molecular complexity index is 2570. The van der Waals surface area contributed by atoms with E-state index >= 15 is 0 Å². The third kappa shape index (κ3) is 7.32. The SMILES string of the molecule is C=C1Bc2c(C3=CC=CCC3NC3=C(C(C)C)C(C)(CC)c4ccccc43)cc(N(C3=CC=CCC3)c3ccccc3)cc2N2C/C(=C\C=C/1)C1=C2C/C=C\C=C/C(=C)S1. The Labute approximate surface area is 363 Å². The van der Waals surface area contributed by atoms with E-state index in [9.17, 15) is 0 Å². The zero-order chi connectivity index (χ0) is 41.4. The fraction of sp³-hybridized carbons (Fsp3) is 0.236. The fourth-order valence-corrected chi connectivity index (χ4v) is 11.2. The van der Waals surface area contributed by atoms with Gasteiger partial charge in [0, 0.05) is 67.9 Å². The molecule has 9 rings (SSSR count). The number of anilines is 3. The lowest BCUT2D eigenvalue weighted by Gasteiger charge is -2.35. The molecule has 0 fully saturated rings. The highest BCUT2D eigenvalue weighted by Gasteiger charge is 2.42. The Morgan fingerprint density at radius 2 is 1.70 bits per heavy atom. The smallest absolute Gasteiger partial charge is 0.195 e. The average molecular weight is 802 g/mol. The summed E-state index contributed by atoms with van der Waals surface area (Å²) in [7, 11) is 0.738. The van der Waals surface area contributed by atoms with E-state index in [0.29, 0.717) is 5.92 Å². The van der Waals surface area contributed by atoms with Crippen LogP contribution in [-0.4, -0.2) is 19.9 Å². The number of nitrogens with zero attached hydrogens (tertiary/aromatic N) is 2. The number of hydrogen-bond acceptors (Lipinski definition) is 4. The van der Waals surface area contributed by atoms with E-state index in [1.165, 1.54) is 77.9 Å². The van der Waals surface area contributed by atoms with Gasteiger partial charge in [-0.1, -0.05) is 161 Å². The second-order valence-corrected chi connectivity index (χ2v) is 18.4. The van der Waals surface area contributed by atoms with Crippen molar-refractivity contribution in [2.24, 2.45) is 5.92 Å². The van der Waals surface area contributed by atoms with Gasteiger partial charge in [0.15, 0.2) is 7.28 Å². The minimum absolute atomic E-state index is 0.0218. The molecule has 1 N–H and O–H groups in total. The topological polar surface area (TPSA) is 18.5 Å². The maximum absolute atomic E-state index is 4.68. The quantitative estimate of drug-likeness (QED) is 0.229. The van der Waals surface area contributed by atoms with Crippen LogP contribution in [0.4, 0.5) is 17.1 Å². The Kier molecular flexibility index (Phi) is 11.1. The first-order valence-electron chi connectivity index (χ1n) is 21.9. The van der Waals surface area contributed by atoms with Crippen LogP contribution in [0.5, 0.6) is 0 Å². The normalized spacial score (nSPS) is 24.5. The molecular formula is C55H56BN3S. The molecule has 3 heterocycles. The molecule has 0 radical (unpaired) electrons. The van der Waals surface area contributed by atoms with Crippen LogP contribution >= 0.6 is 11.8 Å². The third-order valence-corrected chi connectivity index (χ3v) is 14.2. The van der Waals surface area contributed by atoms with Gasteiger partial charge in [-0.2, -0.15) is 0 Å². The Morgan fingerprint density at radius 3 is 2.50 bits per heavy atom. The zero-order valence-corrected chi connectivity index (χ0v) is 36.5. The van der Waals surface area contributed by atoms with E-state index in [0.717, 1.165) is 56.3 Å². The van der Waals surface area contributed by atoms with Crippen molar-refractivity contribution in [2.75, 3.05) is 16.3 Å². The van der Waals surface area contributed by atoms with Gasteiger partial charge in [0.25, 0.3) is 0 Å². The van der Waals surface area contributed by atoms with Crippen LogP contribution in [0.15, 0.2) is 197 Å². The van der Waals surface area contributed by atoms with E-state index in [1.54, 1.807) is 11.8 Å². The molecular weight excluding hydrogens is 746 g/mol. The van der Waals surface area contributed by atoms with Gasteiger partial charge in [-0.05, 0) is 101 Å². The van der Waals surface area contributed by atoms with E-state index in [-0.39, 0.29) is 11.5 Å². The van der Waals surface area contributed by atoms with E-state index in [2.05, 4.69) is 202 Å². The van der Waals surface area contributed by atoms with Crippen molar-refractivity contribution in [1.82, 2.24) is 5.32 Å². The van der Waals surface area contributed by atoms with E-state index in [4.69, 9.17) is 0 Å². The lowest BCUT2D eigenvalue weighted by atomic mass is 9.60. The molecule has 300 valence electrons. The van der Waals surface area contributed by atoms with Gasteiger partial charge in [0.2, 0.25) is 0 Å². The number of benzene rings is 3. The van der Waals surface area contributed by atoms with Gasteiger partial charge >= 0.3 is 0 Å². The first kappa shape index (κ1) is 39.8. The van der Waals surface area contributed by atoms with Crippen LogP contribution in [0.3, 0.4) is 0 Å². The summed E-state index contributed by atoms with van der Waals surface area (Å²) in [5.74, 6) is 0.394. The van der Waals surface area contributed by atoms with Gasteiger partial charge in [-0.25, -0.2) is 0 Å². The lowest BCUT2D eigenvalue weighted by molar-refractivity contribution is 0.490. The van der Waals surface area contributed by atoms with Gasteiger partial charge in [0.05, 0.1) is 6.04 Å². The molecule has 3 aliphatic carbocycles. The molecule has 2 bridgehead atoms. The number of allylic oxidation sites excluding steroid dienone is 15. The first-order valence-corrected chi connectivity index (χ1v) is 22.7. The highest BCUT2D eigenvalue weighted by atomic mass is 32.2. The van der Waals surface area contributed by atoms with Crippen molar-refractivity contribution in [2.45, 2.75) is 71.3 Å². The summed E-state index contributed by atoms with van der Waals surface area (Å²) in [5, 5.41) is 4.29. The minimum Gasteiger partial charge on any atom is -0.377 e. The Morgan fingerprint density at radius 1 is 0.883 bits per heavy atom. The molecule has 0 aromatic heterocycles. The van der Waals surface area contributed by atoms with Crippen LogP contribution < -0.4 is 20.6 Å². The number of para-hydroxylation sites is 1. The summed E-state index contributed by atoms with van der Waals surface area (Å²) in [4.78, 5) is 7.47. The molecule has 2 atom stereocenters. The van der Waals surface area contributed by atoms with Crippen LogP contribution in [0.25, 0.3) is 11.3 Å². The molecule has 2 unspecified atom stereocenters. The molecule has 0 spiro atoms. The summed E-state index contributed by atoms with van der Waals surface area (Å²) in [6.45, 7) is 19.5. The molecule has 3 aromatic rings. The number of hydrogen-bond donors (Lipinski definition) is 1. The van der Waals surface area contributed by atoms with E-state index < -0.39 is 0 Å². The Hall–Kier alpha value is -5.65. The van der Waals surface area contributed by atoms with Crippen LogP contribution in [0.1, 0.15) is 76.5 Å². The fourth-order valence-electron chi connectivity index (χ4n) is 10.2. The highest BCUT2D eigenvalue weighted by molar-refractivity contribution is 8.07. The molecule has 0 saturated carbocycles. The van der Waals surface area contributed by atoms with Gasteiger partial charge in [0.1, 0.15) is 0 Å². The third-order valence-electron chi connectivity index (χ3n) is 13.1. The maximum atomic E-state index is 4.68. The van der Waals surface area contributed by atoms with Crippen LogP contribution in [-0.2, 0) is 5.41 Å². The Balaban J connectivity index is 1.29. The number of nitrogens with one attached hydrogen (secondary N) is 1.